The highest BCUT2D eigenvalue weighted by molar-refractivity contribution is 6.63. The predicted octanol–water partition coefficient (Wildman–Crippen LogP) is 11.0. The van der Waals surface area contributed by atoms with E-state index in [9.17, 15) is 18.4 Å². The van der Waals surface area contributed by atoms with Crippen molar-refractivity contribution < 1.29 is 18.4 Å². The van der Waals surface area contributed by atoms with Crippen molar-refractivity contribution in [2.24, 2.45) is 35.5 Å². The number of pyridine rings is 4. The fourth-order valence-electron chi connectivity index (χ4n) is 10.1. The molecule has 10 rings (SSSR count). The SMILES string of the molecule is C#Cc1ccc(CC(=O)C[C@H]2C[C@@H]3CC(c4ccnc5ccc(F)cc45)=C[C@@H]3C2)nc1.C#Cc1ccc(N)nc1.O=C(Cl)C[C@H]1C[C@@H]2CC(c3ccnc4ccc(F)cc34)=C[C@@H]2C1. The lowest BCUT2D eigenvalue weighted by Crippen LogP contribution is -2.10. The minimum Gasteiger partial charge on any atom is -0.384 e. The molecule has 4 aliphatic rings. The number of carbonyl (C=O) groups is 2. The summed E-state index contributed by atoms with van der Waals surface area (Å²) in [7, 11) is 0. The van der Waals surface area contributed by atoms with Crippen molar-refractivity contribution in [3.63, 3.8) is 0 Å². The number of rotatable bonds is 8. The van der Waals surface area contributed by atoms with Crippen LogP contribution in [0.1, 0.15) is 79.3 Å². The zero-order chi connectivity index (χ0) is 44.0. The van der Waals surface area contributed by atoms with E-state index in [0.29, 0.717) is 60.6 Å². The molecule has 7 nitrogen and oxygen atoms in total. The lowest BCUT2D eigenvalue weighted by Gasteiger charge is -2.12. The Morgan fingerprint density at radius 3 is 1.65 bits per heavy atom. The molecule has 0 bridgehead atoms. The lowest BCUT2D eigenvalue weighted by atomic mass is 9.93. The minimum atomic E-state index is -0.234. The van der Waals surface area contributed by atoms with Crippen LogP contribution in [0.5, 0.6) is 0 Å². The average Bonchev–Trinajstić information content (AvgIpc) is 4.05. The van der Waals surface area contributed by atoms with Gasteiger partial charge in [-0.1, -0.05) is 24.0 Å². The van der Waals surface area contributed by atoms with Crippen LogP contribution in [0.15, 0.2) is 110 Å². The van der Waals surface area contributed by atoms with E-state index in [-0.39, 0.29) is 22.7 Å². The normalized spacial score (nSPS) is 21.7. The third kappa shape index (κ3) is 10.4. The number of ketones is 1. The van der Waals surface area contributed by atoms with Crippen molar-refractivity contribution in [1.29, 1.82) is 0 Å². The van der Waals surface area contributed by atoms with Gasteiger partial charge in [0.25, 0.3) is 0 Å². The Hall–Kier alpha value is -6.55. The molecule has 63 heavy (non-hydrogen) atoms. The van der Waals surface area contributed by atoms with Crippen molar-refractivity contribution >= 4 is 61.4 Å². The van der Waals surface area contributed by atoms with Gasteiger partial charge in [-0.25, -0.2) is 13.8 Å². The molecular weight excluding hydrogens is 812 g/mol. The van der Waals surface area contributed by atoms with Gasteiger partial charge in [0.1, 0.15) is 23.2 Å². The summed E-state index contributed by atoms with van der Waals surface area (Å²) < 4.78 is 27.4. The first-order chi connectivity index (χ1) is 30.5. The Morgan fingerprint density at radius 1 is 0.667 bits per heavy atom. The maximum absolute atomic E-state index is 13.8. The van der Waals surface area contributed by atoms with E-state index in [0.717, 1.165) is 88.3 Å². The Bertz CT molecular complexity index is 2830. The molecule has 4 aliphatic carbocycles. The zero-order valence-corrected chi connectivity index (χ0v) is 35.4. The average molecular weight is 858 g/mol. The topological polar surface area (TPSA) is 112 Å². The van der Waals surface area contributed by atoms with Crippen molar-refractivity contribution in [2.75, 3.05) is 5.73 Å². The van der Waals surface area contributed by atoms with Crippen LogP contribution < -0.4 is 5.73 Å². The van der Waals surface area contributed by atoms with E-state index in [2.05, 4.69) is 43.9 Å². The molecule has 10 heteroatoms. The van der Waals surface area contributed by atoms with Crippen LogP contribution in [-0.4, -0.2) is 31.0 Å². The van der Waals surface area contributed by atoms with E-state index < -0.39 is 0 Å². The van der Waals surface area contributed by atoms with Crippen molar-refractivity contribution in [3.05, 3.63) is 149 Å². The van der Waals surface area contributed by atoms with Crippen molar-refractivity contribution in [1.82, 2.24) is 19.9 Å². The molecule has 0 unspecified atom stereocenters. The van der Waals surface area contributed by atoms with Crippen LogP contribution >= 0.6 is 11.6 Å². The highest BCUT2D eigenvalue weighted by Crippen LogP contribution is 2.51. The molecule has 4 heterocycles. The van der Waals surface area contributed by atoms with Gasteiger partial charge in [0.15, 0.2) is 0 Å². The smallest absolute Gasteiger partial charge is 0.221 e. The molecule has 2 aromatic carbocycles. The Kier molecular flexibility index (Phi) is 13.2. The summed E-state index contributed by atoms with van der Waals surface area (Å²) in [5.41, 5.74) is 14.0. The van der Waals surface area contributed by atoms with Gasteiger partial charge in [0.05, 0.1) is 11.0 Å². The molecule has 6 atom stereocenters. The number of allylic oxidation sites excluding steroid dienone is 4. The number of anilines is 1. The number of terminal acetylenes is 2. The molecule has 2 saturated carbocycles. The number of hydrogen-bond donors (Lipinski definition) is 1. The van der Waals surface area contributed by atoms with Gasteiger partial charge in [-0.15, -0.1) is 12.8 Å². The number of fused-ring (bicyclic) bond motifs is 4. The number of hydrogen-bond acceptors (Lipinski definition) is 7. The molecule has 2 N–H and O–H groups in total. The fourth-order valence-corrected chi connectivity index (χ4v) is 10.3. The van der Waals surface area contributed by atoms with Crippen LogP contribution in [0, 0.1) is 71.8 Å². The number of aromatic nitrogens is 4. The monoisotopic (exact) mass is 857 g/mol. The zero-order valence-electron chi connectivity index (χ0n) is 34.7. The molecule has 6 aromatic rings. The summed E-state index contributed by atoms with van der Waals surface area (Å²) in [4.78, 5) is 40.4. The van der Waals surface area contributed by atoms with Crippen LogP contribution in [-0.2, 0) is 16.0 Å². The molecule has 4 aromatic heterocycles. The lowest BCUT2D eigenvalue weighted by molar-refractivity contribution is -0.119. The van der Waals surface area contributed by atoms with Crippen molar-refractivity contribution in [3.8, 4) is 24.7 Å². The number of benzene rings is 2. The van der Waals surface area contributed by atoms with Crippen molar-refractivity contribution in [2.45, 2.75) is 57.8 Å². The first-order valence-electron chi connectivity index (χ1n) is 21.3. The van der Waals surface area contributed by atoms with Gasteiger partial charge in [-0.3, -0.25) is 24.5 Å². The molecular formula is C53H46ClF2N5O2. The van der Waals surface area contributed by atoms with Crippen LogP contribution in [0.2, 0.25) is 0 Å². The molecule has 316 valence electrons. The number of nitrogens with zero attached hydrogens (tertiary/aromatic N) is 4. The standard InChI is InChI=1S/C27H23FN2O.C19H17ClFNO.C7H6N2/c1-2-17-3-5-23(30-16-17)15-24(31)11-18-9-19-12-21(13-20(19)10-18)25-7-8-29-27-6-4-22(28)14-26(25)27;20-19(23)7-11-5-12-8-14(9-13(12)6-11)16-3-4-22-18-2-1-15(21)10-17(16)18;1-2-6-3-4-7(8)9-5-6/h1,3-8,12,14,16,18-20H,9-11,13,15H2;1-4,8,10-13H,5-7,9H2;1,3-5H,(H2,8,9)/t18-,19+,20-;11-,12+,13-;/m11./s1. The highest BCUT2D eigenvalue weighted by atomic mass is 35.5. The van der Waals surface area contributed by atoms with Gasteiger partial charge in [0.2, 0.25) is 5.24 Å². The van der Waals surface area contributed by atoms with E-state index in [1.54, 1.807) is 61.2 Å². The largest absolute Gasteiger partial charge is 0.384 e. The number of nitrogens with two attached hydrogens (primary N) is 1. The third-order valence-electron chi connectivity index (χ3n) is 12.9. The van der Waals surface area contributed by atoms with Crippen LogP contribution in [0.25, 0.3) is 33.0 Å². The first kappa shape index (κ1) is 43.1. The maximum Gasteiger partial charge on any atom is 0.221 e. The molecule has 0 amide bonds. The summed E-state index contributed by atoms with van der Waals surface area (Å²) in [5, 5.41) is 1.53. The van der Waals surface area contributed by atoms with Gasteiger partial charge < -0.3 is 5.73 Å². The number of halogens is 3. The quantitative estimate of drug-likeness (QED) is 0.120. The summed E-state index contributed by atoms with van der Waals surface area (Å²) in [6.45, 7) is 0. The van der Waals surface area contributed by atoms with E-state index in [1.807, 2.05) is 24.3 Å². The number of carbonyl (C=O) groups excluding carboxylic acids is 2. The number of Topliss-reactive ketones (excluding diaryl/α,β-unsaturated/α-hetero) is 1. The summed E-state index contributed by atoms with van der Waals surface area (Å²) in [5.74, 6) is 8.26. The number of nitrogen functional groups attached to an aromatic ring is 1. The first-order valence-corrected chi connectivity index (χ1v) is 21.7. The molecule has 0 saturated heterocycles. The van der Waals surface area contributed by atoms with Gasteiger partial charge >= 0.3 is 0 Å². The van der Waals surface area contributed by atoms with E-state index in [4.69, 9.17) is 30.2 Å². The fraction of sp³-hybridized carbons (Fsp3) is 0.283. The summed E-state index contributed by atoms with van der Waals surface area (Å²) in [6.07, 6.45) is 29.5. The molecule has 0 radical (unpaired) electrons. The molecule has 0 spiro atoms. The van der Waals surface area contributed by atoms with Crippen LogP contribution in [0.3, 0.4) is 0 Å². The van der Waals surface area contributed by atoms with Gasteiger partial charge in [0, 0.05) is 71.6 Å². The highest BCUT2D eigenvalue weighted by Gasteiger charge is 2.39. The second-order valence-electron chi connectivity index (χ2n) is 17.1. The predicted molar refractivity (Wildman–Crippen MR) is 246 cm³/mol. The second-order valence-corrected chi connectivity index (χ2v) is 17.6. The summed E-state index contributed by atoms with van der Waals surface area (Å²) in [6, 6.07) is 20.6. The van der Waals surface area contributed by atoms with Gasteiger partial charge in [-0.05, 0) is 181 Å². The Morgan fingerprint density at radius 2 is 1.19 bits per heavy atom. The van der Waals surface area contributed by atoms with E-state index >= 15 is 0 Å². The third-order valence-corrected chi connectivity index (χ3v) is 13.0. The molecule has 0 aliphatic heterocycles. The Labute approximate surface area is 371 Å². The minimum absolute atomic E-state index is 0.227. The maximum atomic E-state index is 13.8. The second kappa shape index (κ2) is 19.2. The summed E-state index contributed by atoms with van der Waals surface area (Å²) >= 11 is 5.52. The Balaban J connectivity index is 0.000000149. The van der Waals surface area contributed by atoms with E-state index in [1.165, 1.54) is 23.3 Å². The van der Waals surface area contributed by atoms with Crippen LogP contribution in [0.4, 0.5) is 14.6 Å². The van der Waals surface area contributed by atoms with Gasteiger partial charge in [-0.2, -0.15) is 0 Å². The molecule has 2 fully saturated rings.